The van der Waals surface area contributed by atoms with Crippen LogP contribution in [0.25, 0.3) is 0 Å². The van der Waals surface area contributed by atoms with Gasteiger partial charge in [0.25, 0.3) is 0 Å². The van der Waals surface area contributed by atoms with E-state index in [1.807, 2.05) is 11.0 Å². The van der Waals surface area contributed by atoms with Crippen molar-refractivity contribution < 1.29 is 9.13 Å². The lowest BCUT2D eigenvalue weighted by Gasteiger charge is -2.57. The van der Waals surface area contributed by atoms with Crippen molar-refractivity contribution in [1.82, 2.24) is 14.7 Å². The summed E-state index contributed by atoms with van der Waals surface area (Å²) in [7, 11) is 1.46. The maximum atomic E-state index is 14.7. The van der Waals surface area contributed by atoms with Gasteiger partial charge >= 0.3 is 0 Å². The minimum Gasteiger partial charge on any atom is -0.494 e. The maximum absolute atomic E-state index is 14.7. The molecule has 33 heavy (non-hydrogen) atoms. The molecule has 0 bridgehead atoms. The number of benzene rings is 1. The van der Waals surface area contributed by atoms with Crippen LogP contribution in [0, 0.1) is 5.82 Å². The van der Waals surface area contributed by atoms with Crippen molar-refractivity contribution in [2.45, 2.75) is 89.2 Å². The van der Waals surface area contributed by atoms with Gasteiger partial charge in [0.2, 0.25) is 0 Å². The molecule has 6 N–H and O–H groups in total. The molecule has 3 aliphatic rings. The Hall–Kier alpha value is -1.49. The topological polar surface area (TPSA) is 100 Å². The molecular formula is C24H42FN7O. The number of hydrogen-bond acceptors (Lipinski definition) is 8. The normalized spacial score (nSPS) is 31.2. The Morgan fingerprint density at radius 3 is 2.33 bits per heavy atom. The Labute approximate surface area is 197 Å². The second kappa shape index (κ2) is 10.8. The van der Waals surface area contributed by atoms with Crippen molar-refractivity contribution in [1.29, 1.82) is 0 Å². The molecule has 4 rings (SSSR count). The Balaban J connectivity index is 1.67. The van der Waals surface area contributed by atoms with Crippen molar-refractivity contribution in [2.24, 2.45) is 17.2 Å². The van der Waals surface area contributed by atoms with Gasteiger partial charge in [0, 0.05) is 30.4 Å². The van der Waals surface area contributed by atoms with Gasteiger partial charge in [0.05, 0.1) is 7.11 Å². The van der Waals surface area contributed by atoms with Crippen LogP contribution >= 0.6 is 0 Å². The predicted molar refractivity (Wildman–Crippen MR) is 130 cm³/mol. The van der Waals surface area contributed by atoms with Gasteiger partial charge in [-0.3, -0.25) is 16.4 Å². The maximum Gasteiger partial charge on any atom is 0.167 e. The molecule has 186 valence electrons. The number of nitrogens with two attached hydrogens (primary N) is 3. The average molecular weight is 464 g/mol. The van der Waals surface area contributed by atoms with Gasteiger partial charge < -0.3 is 15.4 Å². The van der Waals surface area contributed by atoms with Gasteiger partial charge in [0.15, 0.2) is 11.6 Å². The van der Waals surface area contributed by atoms with Crippen LogP contribution in [0.15, 0.2) is 18.2 Å². The number of hydrogen-bond donors (Lipinski definition) is 3. The highest BCUT2D eigenvalue weighted by Crippen LogP contribution is 2.34. The number of nitrogens with zero attached hydrogens (tertiary/aromatic N) is 4. The molecule has 3 fully saturated rings. The highest BCUT2D eigenvalue weighted by atomic mass is 19.1. The van der Waals surface area contributed by atoms with Gasteiger partial charge in [0.1, 0.15) is 18.9 Å². The summed E-state index contributed by atoms with van der Waals surface area (Å²) in [5.41, 5.74) is 21.3. The monoisotopic (exact) mass is 463 g/mol. The number of halogens is 1. The third kappa shape index (κ3) is 4.99. The highest BCUT2D eigenvalue weighted by molar-refractivity contribution is 5.51. The minimum atomic E-state index is -0.552. The first-order chi connectivity index (χ1) is 16.0. The standard InChI is InChI=1S/C24H42FN7O/c1-3-29-14-8-11-19(29)16-30-22(26)31(17-9-6-4-5-7-10-17)24(28)32(23(30)27)18-12-13-21(33-2)20(25)15-18/h12-13,15,17,19,22-24H,3-11,14,16,26-28H2,1-2H3/t19-,22?,23?,24?/m0/s1. The number of rotatable bonds is 6. The molecule has 1 saturated carbocycles. The third-order valence-corrected chi connectivity index (χ3v) is 7.87. The molecule has 1 aromatic rings. The van der Waals surface area contributed by atoms with E-state index in [1.54, 1.807) is 6.07 Å². The molecule has 0 aromatic heterocycles. The molecule has 4 atom stereocenters. The van der Waals surface area contributed by atoms with E-state index in [1.165, 1.54) is 45.3 Å². The van der Waals surface area contributed by atoms with Gasteiger partial charge in [-0.15, -0.1) is 0 Å². The molecule has 2 heterocycles. The summed E-state index contributed by atoms with van der Waals surface area (Å²) in [6.07, 6.45) is 7.85. The van der Waals surface area contributed by atoms with Crippen molar-refractivity contribution in [3.8, 4) is 5.75 Å². The summed E-state index contributed by atoms with van der Waals surface area (Å²) in [4.78, 5) is 8.81. The van der Waals surface area contributed by atoms with E-state index in [0.717, 1.165) is 38.9 Å². The Kier molecular flexibility index (Phi) is 8.09. The van der Waals surface area contributed by atoms with Gasteiger partial charge in [-0.2, -0.15) is 0 Å². The fourth-order valence-electron chi connectivity index (χ4n) is 6.03. The lowest BCUT2D eigenvalue weighted by Crippen LogP contribution is -2.80. The van der Waals surface area contributed by atoms with E-state index >= 15 is 0 Å². The van der Waals surface area contributed by atoms with Gasteiger partial charge in [-0.25, -0.2) is 14.2 Å². The van der Waals surface area contributed by atoms with E-state index < -0.39 is 18.4 Å². The highest BCUT2D eigenvalue weighted by Gasteiger charge is 2.46. The lowest BCUT2D eigenvalue weighted by molar-refractivity contribution is -0.0917. The quantitative estimate of drug-likeness (QED) is 0.552. The molecule has 2 saturated heterocycles. The number of anilines is 1. The van der Waals surface area contributed by atoms with E-state index in [0.29, 0.717) is 11.7 Å². The van der Waals surface area contributed by atoms with Gasteiger partial charge in [-0.1, -0.05) is 32.6 Å². The van der Waals surface area contributed by atoms with E-state index in [4.69, 9.17) is 21.9 Å². The second-order valence-electron chi connectivity index (χ2n) is 9.68. The van der Waals surface area contributed by atoms with Crippen LogP contribution < -0.4 is 26.8 Å². The molecule has 1 aliphatic carbocycles. The molecule has 8 nitrogen and oxygen atoms in total. The van der Waals surface area contributed by atoms with Gasteiger partial charge in [-0.05, 0) is 50.9 Å². The Morgan fingerprint density at radius 2 is 1.70 bits per heavy atom. The molecule has 9 heteroatoms. The number of methoxy groups -OCH3 is 1. The lowest BCUT2D eigenvalue weighted by atomic mass is 10.1. The summed E-state index contributed by atoms with van der Waals surface area (Å²) in [5.74, 6) is -0.221. The van der Waals surface area contributed by atoms with Crippen LogP contribution in [0.3, 0.4) is 0 Å². The molecule has 0 amide bonds. The zero-order valence-corrected chi connectivity index (χ0v) is 20.2. The second-order valence-corrected chi connectivity index (χ2v) is 9.68. The van der Waals surface area contributed by atoms with Crippen LogP contribution in [0.5, 0.6) is 5.75 Å². The summed E-state index contributed by atoms with van der Waals surface area (Å²) < 4.78 is 19.8. The van der Waals surface area contributed by atoms with Crippen molar-refractivity contribution in [3.05, 3.63) is 24.0 Å². The SMILES string of the molecule is CCN1CCC[C@H]1CN1C(N)N(c2ccc(OC)c(F)c2)C(N)N(C2CCCCCC2)C1N. The first-order valence-corrected chi connectivity index (χ1v) is 12.6. The van der Waals surface area contributed by atoms with Crippen molar-refractivity contribution >= 4 is 5.69 Å². The molecule has 3 unspecified atom stereocenters. The largest absolute Gasteiger partial charge is 0.494 e. The first kappa shape index (κ1) is 24.6. The van der Waals surface area contributed by atoms with Crippen molar-refractivity contribution in [3.63, 3.8) is 0 Å². The van der Waals surface area contributed by atoms with Crippen LogP contribution in [0.2, 0.25) is 0 Å². The Bertz CT molecular complexity index is 775. The zero-order valence-electron chi connectivity index (χ0n) is 20.2. The number of likely N-dealkylation sites (tertiary alicyclic amines) is 1. The van der Waals surface area contributed by atoms with Crippen molar-refractivity contribution in [2.75, 3.05) is 31.6 Å². The van der Waals surface area contributed by atoms with Crippen LogP contribution in [-0.4, -0.2) is 72.4 Å². The first-order valence-electron chi connectivity index (χ1n) is 12.6. The minimum absolute atomic E-state index is 0.205. The smallest absolute Gasteiger partial charge is 0.167 e. The third-order valence-electron chi connectivity index (χ3n) is 7.87. The number of likely N-dealkylation sites (N-methyl/N-ethyl adjacent to an activating group) is 1. The molecule has 1 aromatic carbocycles. The molecule has 0 radical (unpaired) electrons. The van der Waals surface area contributed by atoms with Crippen LogP contribution in [0.1, 0.15) is 58.3 Å². The van der Waals surface area contributed by atoms with Crippen LogP contribution in [0.4, 0.5) is 10.1 Å². The average Bonchev–Trinajstić information content (AvgIpc) is 3.09. The molecule has 0 spiro atoms. The Morgan fingerprint density at radius 1 is 0.970 bits per heavy atom. The molecular weight excluding hydrogens is 421 g/mol. The summed E-state index contributed by atoms with van der Waals surface area (Å²) in [6.45, 7) is 5.09. The predicted octanol–water partition coefficient (Wildman–Crippen LogP) is 2.19. The molecule has 2 aliphatic heterocycles. The summed E-state index contributed by atoms with van der Waals surface area (Å²) >= 11 is 0. The fourth-order valence-corrected chi connectivity index (χ4v) is 6.03. The number of ether oxygens (including phenoxy) is 1. The fraction of sp³-hybridized carbons (Fsp3) is 0.750. The summed E-state index contributed by atoms with van der Waals surface area (Å²) in [6, 6.07) is 5.62. The van der Waals surface area contributed by atoms with Crippen LogP contribution in [-0.2, 0) is 0 Å². The summed E-state index contributed by atoms with van der Waals surface area (Å²) in [5, 5.41) is 0. The zero-order chi connectivity index (χ0) is 23.5. The van der Waals surface area contributed by atoms with E-state index in [2.05, 4.69) is 21.6 Å². The van der Waals surface area contributed by atoms with E-state index in [9.17, 15) is 4.39 Å². The van der Waals surface area contributed by atoms with E-state index in [-0.39, 0.29) is 18.1 Å².